The highest BCUT2D eigenvalue weighted by molar-refractivity contribution is 6.04. The van der Waals surface area contributed by atoms with E-state index >= 15 is 0 Å². The van der Waals surface area contributed by atoms with Crippen LogP contribution in [0.3, 0.4) is 0 Å². The van der Waals surface area contributed by atoms with Crippen LogP contribution in [0.4, 0.5) is 0 Å². The third-order valence-corrected chi connectivity index (χ3v) is 3.33. The minimum absolute atomic E-state index is 0.158. The van der Waals surface area contributed by atoms with E-state index in [2.05, 4.69) is 4.98 Å². The summed E-state index contributed by atoms with van der Waals surface area (Å²) in [6, 6.07) is 0. The van der Waals surface area contributed by atoms with Gasteiger partial charge in [-0.05, 0) is 25.3 Å². The molecule has 0 radical (unpaired) electrons. The first-order valence-corrected chi connectivity index (χ1v) is 5.19. The van der Waals surface area contributed by atoms with Gasteiger partial charge in [0, 0.05) is 16.7 Å². The predicted molar refractivity (Wildman–Crippen MR) is 57.3 cm³/mol. The standard InChI is InChI=1S/C12H15NO2/c1-7-9(6-14)13-8-4-5-12(2,3)11(15)10(7)8/h6,13H,4-5H2,1-3H3. The fraction of sp³-hybridized carbons (Fsp3) is 0.500. The molecule has 3 heteroatoms. The Balaban J connectivity index is 2.61. The van der Waals surface area contributed by atoms with Gasteiger partial charge < -0.3 is 4.98 Å². The van der Waals surface area contributed by atoms with Gasteiger partial charge in [-0.1, -0.05) is 13.8 Å². The van der Waals surface area contributed by atoms with Crippen LogP contribution in [0.25, 0.3) is 0 Å². The number of nitrogens with one attached hydrogen (secondary N) is 1. The minimum Gasteiger partial charge on any atom is -0.355 e. The Bertz CT molecular complexity index is 441. The van der Waals surface area contributed by atoms with Gasteiger partial charge in [0.05, 0.1) is 5.69 Å². The van der Waals surface area contributed by atoms with E-state index in [0.29, 0.717) is 5.69 Å². The quantitative estimate of drug-likeness (QED) is 0.715. The molecule has 1 aliphatic carbocycles. The van der Waals surface area contributed by atoms with Crippen molar-refractivity contribution in [3.05, 3.63) is 22.5 Å². The summed E-state index contributed by atoms with van der Waals surface area (Å²) in [7, 11) is 0. The summed E-state index contributed by atoms with van der Waals surface area (Å²) >= 11 is 0. The van der Waals surface area contributed by atoms with E-state index < -0.39 is 0 Å². The average molecular weight is 205 g/mol. The molecule has 1 aliphatic rings. The Morgan fingerprint density at radius 2 is 2.07 bits per heavy atom. The van der Waals surface area contributed by atoms with E-state index in [0.717, 1.165) is 35.9 Å². The molecule has 0 bridgehead atoms. The van der Waals surface area contributed by atoms with Crippen LogP contribution in [0.2, 0.25) is 0 Å². The second-order valence-corrected chi connectivity index (χ2v) is 4.85. The van der Waals surface area contributed by atoms with E-state index in [9.17, 15) is 9.59 Å². The summed E-state index contributed by atoms with van der Waals surface area (Å²) in [6.07, 6.45) is 2.48. The Kier molecular flexibility index (Phi) is 2.07. The van der Waals surface area contributed by atoms with Crippen LogP contribution >= 0.6 is 0 Å². The molecule has 1 heterocycles. The highest BCUT2D eigenvalue weighted by atomic mass is 16.1. The number of hydrogen-bond donors (Lipinski definition) is 1. The van der Waals surface area contributed by atoms with Crippen molar-refractivity contribution in [1.82, 2.24) is 4.98 Å². The van der Waals surface area contributed by atoms with Crippen LogP contribution in [-0.4, -0.2) is 17.1 Å². The fourth-order valence-corrected chi connectivity index (χ4v) is 2.18. The average Bonchev–Trinajstić information content (AvgIpc) is 2.50. The van der Waals surface area contributed by atoms with Crippen LogP contribution < -0.4 is 0 Å². The highest BCUT2D eigenvalue weighted by Gasteiger charge is 2.36. The van der Waals surface area contributed by atoms with Crippen LogP contribution in [0.1, 0.15) is 52.4 Å². The summed E-state index contributed by atoms with van der Waals surface area (Å²) in [4.78, 5) is 26.0. The third-order valence-electron chi connectivity index (χ3n) is 3.33. The van der Waals surface area contributed by atoms with Crippen molar-refractivity contribution in [2.24, 2.45) is 5.41 Å². The number of H-pyrrole nitrogens is 1. The first kappa shape index (κ1) is 10.1. The number of hydrogen-bond acceptors (Lipinski definition) is 2. The van der Waals surface area contributed by atoms with Crippen molar-refractivity contribution in [3.8, 4) is 0 Å². The number of carbonyl (C=O) groups is 2. The molecule has 0 fully saturated rings. The molecular weight excluding hydrogens is 190 g/mol. The largest absolute Gasteiger partial charge is 0.355 e. The molecule has 3 nitrogen and oxygen atoms in total. The number of ketones is 1. The second kappa shape index (κ2) is 3.05. The zero-order valence-electron chi connectivity index (χ0n) is 9.31. The van der Waals surface area contributed by atoms with Gasteiger partial charge in [-0.15, -0.1) is 0 Å². The Morgan fingerprint density at radius 1 is 1.40 bits per heavy atom. The van der Waals surface area contributed by atoms with Crippen LogP contribution in [-0.2, 0) is 6.42 Å². The van der Waals surface area contributed by atoms with Gasteiger partial charge in [0.1, 0.15) is 0 Å². The maximum Gasteiger partial charge on any atom is 0.170 e. The van der Waals surface area contributed by atoms with Gasteiger partial charge in [-0.2, -0.15) is 0 Å². The zero-order chi connectivity index (χ0) is 11.2. The van der Waals surface area contributed by atoms with Crippen molar-refractivity contribution in [1.29, 1.82) is 0 Å². The summed E-state index contributed by atoms with van der Waals surface area (Å²) in [5.41, 5.74) is 2.73. The molecule has 0 atom stereocenters. The molecule has 0 spiro atoms. The monoisotopic (exact) mass is 205 g/mol. The lowest BCUT2D eigenvalue weighted by Gasteiger charge is -2.27. The Morgan fingerprint density at radius 3 is 2.67 bits per heavy atom. The first-order chi connectivity index (χ1) is 6.97. The lowest BCUT2D eigenvalue weighted by molar-refractivity contribution is 0.0810. The Labute approximate surface area is 88.9 Å². The van der Waals surface area contributed by atoms with Crippen molar-refractivity contribution in [2.45, 2.75) is 33.6 Å². The SMILES string of the molecule is Cc1c(C=O)[nH]c2c1C(=O)C(C)(C)CC2. The predicted octanol–water partition coefficient (Wildman–Crippen LogP) is 2.29. The lowest BCUT2D eigenvalue weighted by Crippen LogP contribution is -2.30. The van der Waals surface area contributed by atoms with Gasteiger partial charge in [0.2, 0.25) is 0 Å². The molecule has 0 amide bonds. The fourth-order valence-electron chi connectivity index (χ4n) is 2.18. The molecule has 0 unspecified atom stereocenters. The summed E-state index contributed by atoms with van der Waals surface area (Å²) in [5, 5.41) is 0. The molecule has 1 aromatic heterocycles. The normalized spacial score (nSPS) is 18.7. The molecule has 15 heavy (non-hydrogen) atoms. The van der Waals surface area contributed by atoms with Crippen molar-refractivity contribution < 1.29 is 9.59 Å². The van der Waals surface area contributed by atoms with E-state index in [-0.39, 0.29) is 11.2 Å². The van der Waals surface area contributed by atoms with Crippen molar-refractivity contribution >= 4 is 12.1 Å². The first-order valence-electron chi connectivity index (χ1n) is 5.19. The molecule has 1 aromatic rings. The number of carbonyl (C=O) groups excluding carboxylic acids is 2. The number of rotatable bonds is 1. The van der Waals surface area contributed by atoms with Gasteiger partial charge in [-0.25, -0.2) is 0 Å². The number of aldehydes is 1. The van der Waals surface area contributed by atoms with Gasteiger partial charge in [0.25, 0.3) is 0 Å². The molecule has 0 saturated carbocycles. The number of fused-ring (bicyclic) bond motifs is 1. The number of Topliss-reactive ketones (excluding diaryl/α,β-unsaturated/α-hetero) is 1. The van der Waals surface area contributed by atoms with Crippen LogP contribution in [0.15, 0.2) is 0 Å². The summed E-state index contributed by atoms with van der Waals surface area (Å²) in [5.74, 6) is 0.158. The van der Waals surface area contributed by atoms with E-state index in [1.807, 2.05) is 20.8 Å². The van der Waals surface area contributed by atoms with Gasteiger partial charge in [-0.3, -0.25) is 9.59 Å². The second-order valence-electron chi connectivity index (χ2n) is 4.85. The topological polar surface area (TPSA) is 49.9 Å². The van der Waals surface area contributed by atoms with Crippen LogP contribution in [0.5, 0.6) is 0 Å². The maximum atomic E-state index is 12.2. The number of aromatic nitrogens is 1. The van der Waals surface area contributed by atoms with E-state index in [1.165, 1.54) is 0 Å². The maximum absolute atomic E-state index is 12.2. The van der Waals surface area contributed by atoms with Crippen LogP contribution in [0, 0.1) is 12.3 Å². The third kappa shape index (κ3) is 1.34. The highest BCUT2D eigenvalue weighted by Crippen LogP contribution is 2.36. The summed E-state index contributed by atoms with van der Waals surface area (Å²) < 4.78 is 0. The Hall–Kier alpha value is -1.38. The van der Waals surface area contributed by atoms with Crippen molar-refractivity contribution in [2.75, 3.05) is 0 Å². The van der Waals surface area contributed by atoms with Gasteiger partial charge in [0.15, 0.2) is 12.1 Å². The number of aryl methyl sites for hydroxylation is 1. The molecule has 0 saturated heterocycles. The zero-order valence-corrected chi connectivity index (χ0v) is 9.31. The van der Waals surface area contributed by atoms with E-state index in [1.54, 1.807) is 0 Å². The smallest absolute Gasteiger partial charge is 0.170 e. The minimum atomic E-state index is -0.292. The molecule has 2 rings (SSSR count). The molecule has 80 valence electrons. The molecule has 0 aromatic carbocycles. The van der Waals surface area contributed by atoms with Crippen molar-refractivity contribution in [3.63, 3.8) is 0 Å². The number of aromatic amines is 1. The molecule has 0 aliphatic heterocycles. The summed E-state index contributed by atoms with van der Waals surface area (Å²) in [6.45, 7) is 5.76. The van der Waals surface area contributed by atoms with Gasteiger partial charge >= 0.3 is 0 Å². The molecule has 1 N–H and O–H groups in total. The lowest BCUT2D eigenvalue weighted by atomic mass is 9.74. The van der Waals surface area contributed by atoms with E-state index in [4.69, 9.17) is 0 Å². The molecular formula is C12H15NO2.